The molecule has 0 bridgehead atoms. The van der Waals surface area contributed by atoms with E-state index in [4.69, 9.17) is 0 Å². The summed E-state index contributed by atoms with van der Waals surface area (Å²) >= 11 is 0. The zero-order chi connectivity index (χ0) is 9.78. The first kappa shape index (κ1) is 11.9. The van der Waals surface area contributed by atoms with Crippen molar-refractivity contribution in [3.05, 3.63) is 0 Å². The Balaban J connectivity index is 4.13. The Morgan fingerprint density at radius 1 is 1.33 bits per heavy atom. The largest absolute Gasteiger partial charge is 0.213 e. The van der Waals surface area contributed by atoms with Crippen molar-refractivity contribution in [1.82, 2.24) is 4.31 Å². The van der Waals surface area contributed by atoms with Crippen LogP contribution in [0.15, 0.2) is 0 Å². The Bertz CT molecular complexity index is 211. The molecular weight excluding hydrogens is 174 g/mol. The molecule has 0 aliphatic rings. The molecule has 0 aliphatic carbocycles. The Morgan fingerprint density at radius 3 is 2.17 bits per heavy atom. The van der Waals surface area contributed by atoms with E-state index in [0.717, 1.165) is 6.42 Å². The maximum atomic E-state index is 11.3. The highest BCUT2D eigenvalue weighted by Crippen LogP contribution is 2.06. The SMILES string of the molecule is CCC(C)CN(C)S(=O)(=O)CC. The summed E-state index contributed by atoms with van der Waals surface area (Å²) < 4.78 is 24.0. The van der Waals surface area contributed by atoms with E-state index in [1.165, 1.54) is 4.31 Å². The van der Waals surface area contributed by atoms with Gasteiger partial charge < -0.3 is 0 Å². The molecule has 3 nitrogen and oxygen atoms in total. The topological polar surface area (TPSA) is 37.4 Å². The van der Waals surface area contributed by atoms with Crippen molar-refractivity contribution in [2.24, 2.45) is 5.92 Å². The number of nitrogens with zero attached hydrogens (tertiary/aromatic N) is 1. The van der Waals surface area contributed by atoms with Crippen LogP contribution in [-0.4, -0.2) is 32.1 Å². The van der Waals surface area contributed by atoms with Crippen LogP contribution in [-0.2, 0) is 10.0 Å². The Labute approximate surface area is 75.8 Å². The van der Waals surface area contributed by atoms with Crippen LogP contribution in [0.3, 0.4) is 0 Å². The van der Waals surface area contributed by atoms with Gasteiger partial charge in [0.15, 0.2) is 0 Å². The van der Waals surface area contributed by atoms with Crippen LogP contribution in [0.2, 0.25) is 0 Å². The molecule has 0 aromatic rings. The molecule has 0 aromatic carbocycles. The smallest absolute Gasteiger partial charge is 0.212 e. The quantitative estimate of drug-likeness (QED) is 0.660. The Morgan fingerprint density at radius 2 is 1.83 bits per heavy atom. The predicted molar refractivity (Wildman–Crippen MR) is 51.5 cm³/mol. The van der Waals surface area contributed by atoms with Crippen LogP contribution in [0, 0.1) is 5.92 Å². The van der Waals surface area contributed by atoms with E-state index in [0.29, 0.717) is 12.5 Å². The monoisotopic (exact) mass is 193 g/mol. The maximum Gasteiger partial charge on any atom is 0.213 e. The molecule has 1 unspecified atom stereocenters. The van der Waals surface area contributed by atoms with Gasteiger partial charge in [-0.15, -0.1) is 0 Å². The average Bonchev–Trinajstić information content (AvgIpc) is 2.04. The van der Waals surface area contributed by atoms with Crippen LogP contribution in [0.25, 0.3) is 0 Å². The molecular formula is C8H19NO2S. The lowest BCUT2D eigenvalue weighted by Crippen LogP contribution is -2.32. The van der Waals surface area contributed by atoms with Crippen LogP contribution in [0.5, 0.6) is 0 Å². The van der Waals surface area contributed by atoms with Gasteiger partial charge in [-0.25, -0.2) is 12.7 Å². The highest BCUT2D eigenvalue weighted by atomic mass is 32.2. The molecule has 0 heterocycles. The van der Waals surface area contributed by atoms with Gasteiger partial charge in [0, 0.05) is 13.6 Å². The molecule has 0 fully saturated rings. The third-order valence-corrected chi connectivity index (χ3v) is 3.93. The van der Waals surface area contributed by atoms with Gasteiger partial charge in [0.05, 0.1) is 5.75 Å². The molecule has 74 valence electrons. The number of sulfonamides is 1. The van der Waals surface area contributed by atoms with Gasteiger partial charge in [-0.3, -0.25) is 0 Å². The van der Waals surface area contributed by atoms with E-state index in [9.17, 15) is 8.42 Å². The second-order valence-electron chi connectivity index (χ2n) is 3.19. The van der Waals surface area contributed by atoms with Gasteiger partial charge in [0.25, 0.3) is 0 Å². The summed E-state index contributed by atoms with van der Waals surface area (Å²) in [6, 6.07) is 0. The standard InChI is InChI=1S/C8H19NO2S/c1-5-8(3)7-9(4)12(10,11)6-2/h8H,5-7H2,1-4H3. The minimum atomic E-state index is -2.97. The molecule has 0 aromatic heterocycles. The predicted octanol–water partition coefficient (Wildman–Crippen LogP) is 1.31. The third-order valence-electron chi connectivity index (χ3n) is 2.11. The Kier molecular flexibility index (Phi) is 4.78. The second-order valence-corrected chi connectivity index (χ2v) is 5.56. The van der Waals surface area contributed by atoms with Crippen molar-refractivity contribution in [2.75, 3.05) is 19.3 Å². The number of hydrogen-bond donors (Lipinski definition) is 0. The summed E-state index contributed by atoms with van der Waals surface area (Å²) in [7, 11) is -1.33. The minimum Gasteiger partial charge on any atom is -0.212 e. The van der Waals surface area contributed by atoms with Crippen LogP contribution in [0.4, 0.5) is 0 Å². The lowest BCUT2D eigenvalue weighted by atomic mass is 10.1. The van der Waals surface area contributed by atoms with Crippen molar-refractivity contribution in [3.8, 4) is 0 Å². The fraction of sp³-hybridized carbons (Fsp3) is 1.00. The third kappa shape index (κ3) is 3.54. The van der Waals surface area contributed by atoms with Crippen LogP contribution >= 0.6 is 0 Å². The molecule has 1 atom stereocenters. The van der Waals surface area contributed by atoms with Gasteiger partial charge in [0.2, 0.25) is 10.0 Å². The van der Waals surface area contributed by atoms with E-state index in [1.807, 2.05) is 0 Å². The zero-order valence-corrected chi connectivity index (χ0v) is 9.19. The first-order valence-electron chi connectivity index (χ1n) is 4.38. The first-order chi connectivity index (χ1) is 5.44. The molecule has 0 spiro atoms. The Hall–Kier alpha value is -0.0900. The molecule has 0 rings (SSSR count). The second kappa shape index (κ2) is 4.82. The highest BCUT2D eigenvalue weighted by Gasteiger charge is 2.16. The lowest BCUT2D eigenvalue weighted by molar-refractivity contribution is 0.394. The molecule has 0 amide bonds. The number of hydrogen-bond acceptors (Lipinski definition) is 2. The molecule has 0 aliphatic heterocycles. The minimum absolute atomic E-state index is 0.194. The fourth-order valence-corrected chi connectivity index (χ4v) is 1.82. The number of rotatable bonds is 5. The van der Waals surface area contributed by atoms with Crippen molar-refractivity contribution < 1.29 is 8.42 Å². The van der Waals surface area contributed by atoms with Gasteiger partial charge >= 0.3 is 0 Å². The summed E-state index contributed by atoms with van der Waals surface area (Å²) in [4.78, 5) is 0. The summed E-state index contributed by atoms with van der Waals surface area (Å²) in [5, 5.41) is 0. The van der Waals surface area contributed by atoms with Gasteiger partial charge in [-0.2, -0.15) is 0 Å². The zero-order valence-electron chi connectivity index (χ0n) is 8.37. The normalized spacial score (nSPS) is 15.1. The van der Waals surface area contributed by atoms with E-state index in [1.54, 1.807) is 14.0 Å². The molecule has 12 heavy (non-hydrogen) atoms. The summed E-state index contributed by atoms with van der Waals surface area (Å²) in [6.07, 6.45) is 1.02. The van der Waals surface area contributed by atoms with Crippen molar-refractivity contribution in [1.29, 1.82) is 0 Å². The fourth-order valence-electron chi connectivity index (χ4n) is 0.902. The highest BCUT2D eigenvalue weighted by molar-refractivity contribution is 7.89. The van der Waals surface area contributed by atoms with Crippen molar-refractivity contribution >= 4 is 10.0 Å². The van der Waals surface area contributed by atoms with E-state index in [2.05, 4.69) is 13.8 Å². The summed E-state index contributed by atoms with van der Waals surface area (Å²) in [5.41, 5.74) is 0. The van der Waals surface area contributed by atoms with Gasteiger partial charge in [0.1, 0.15) is 0 Å². The van der Waals surface area contributed by atoms with E-state index in [-0.39, 0.29) is 5.75 Å². The summed E-state index contributed by atoms with van der Waals surface area (Å²) in [5.74, 6) is 0.635. The molecule has 0 N–H and O–H groups in total. The van der Waals surface area contributed by atoms with Crippen LogP contribution < -0.4 is 0 Å². The van der Waals surface area contributed by atoms with E-state index < -0.39 is 10.0 Å². The molecule has 0 saturated heterocycles. The van der Waals surface area contributed by atoms with Crippen molar-refractivity contribution in [2.45, 2.75) is 27.2 Å². The first-order valence-corrected chi connectivity index (χ1v) is 5.99. The molecule has 0 radical (unpaired) electrons. The maximum absolute atomic E-state index is 11.3. The molecule has 4 heteroatoms. The lowest BCUT2D eigenvalue weighted by Gasteiger charge is -2.19. The molecule has 0 saturated carbocycles. The summed E-state index contributed by atoms with van der Waals surface area (Å²) in [6.45, 7) is 6.42. The van der Waals surface area contributed by atoms with E-state index >= 15 is 0 Å². The van der Waals surface area contributed by atoms with Crippen LogP contribution in [0.1, 0.15) is 27.2 Å². The van der Waals surface area contributed by atoms with Gasteiger partial charge in [-0.1, -0.05) is 20.3 Å². The average molecular weight is 193 g/mol. The van der Waals surface area contributed by atoms with Crippen molar-refractivity contribution in [3.63, 3.8) is 0 Å². The van der Waals surface area contributed by atoms with Gasteiger partial charge in [-0.05, 0) is 12.8 Å².